The van der Waals surface area contributed by atoms with E-state index in [0.29, 0.717) is 0 Å². The van der Waals surface area contributed by atoms with E-state index in [9.17, 15) is 0 Å². The van der Waals surface area contributed by atoms with E-state index in [1.54, 1.807) is 0 Å². The molecule has 4 heteroatoms. The van der Waals surface area contributed by atoms with Gasteiger partial charge in [0.1, 0.15) is 0 Å². The molecule has 0 radical (unpaired) electrons. The predicted molar refractivity (Wildman–Crippen MR) is 22.4 cm³/mol. The van der Waals surface area contributed by atoms with Gasteiger partial charge in [0.25, 0.3) is 0 Å². The van der Waals surface area contributed by atoms with Crippen molar-refractivity contribution in [3.63, 3.8) is 0 Å². The van der Waals surface area contributed by atoms with Gasteiger partial charge in [-0.3, -0.25) is 0 Å². The molecule has 0 aromatic rings. The second-order valence-corrected chi connectivity index (χ2v) is 1.41. The van der Waals surface area contributed by atoms with Crippen LogP contribution in [0.15, 0.2) is 0 Å². The predicted octanol–water partition coefficient (Wildman–Crippen LogP) is 1.40. The van der Waals surface area contributed by atoms with Crippen molar-refractivity contribution in [2.75, 3.05) is 5.88 Å². The monoisotopic (exact) mass is 158 g/mol. The summed E-state index contributed by atoms with van der Waals surface area (Å²) in [5.41, 5.74) is 0. The summed E-state index contributed by atoms with van der Waals surface area (Å²) in [5.74, 6) is 0.792. The fourth-order valence-electron chi connectivity index (χ4n) is 0. The third kappa shape index (κ3) is 54.4. The molecule has 0 aliphatic carbocycles. The number of halogens is 1. The van der Waals surface area contributed by atoms with E-state index in [2.05, 4.69) is 0 Å². The van der Waals surface area contributed by atoms with Crippen LogP contribution in [0.5, 0.6) is 0 Å². The summed E-state index contributed by atoms with van der Waals surface area (Å²) in [5, 5.41) is 0. The van der Waals surface area contributed by atoms with Gasteiger partial charge in [0, 0.05) is 5.88 Å². The quantitative estimate of drug-likeness (QED) is 0.427. The summed E-state index contributed by atoms with van der Waals surface area (Å²) < 4.78 is 17.0. The standard InChI is InChI=1S/C3H7Cl.2O.Ti/c1-2-3-4;;;/h2-3H2,1H3;;;. The number of rotatable bonds is 1. The molecule has 0 rings (SSSR count). The van der Waals surface area contributed by atoms with Crippen LogP contribution in [0.2, 0.25) is 0 Å². The Morgan fingerprint density at radius 1 is 1.57 bits per heavy atom. The molecule has 2 nitrogen and oxygen atoms in total. The molecule has 0 aromatic heterocycles. The van der Waals surface area contributed by atoms with Gasteiger partial charge in [-0.05, 0) is 6.42 Å². The number of hydrogen-bond acceptors (Lipinski definition) is 2. The zero-order chi connectivity index (χ0) is 6.12. The van der Waals surface area contributed by atoms with E-state index >= 15 is 0 Å². The van der Waals surface area contributed by atoms with Gasteiger partial charge >= 0.3 is 25.7 Å². The second kappa shape index (κ2) is 16.0. The Bertz CT molecular complexity index is 48.9. The first-order valence-electron chi connectivity index (χ1n) is 1.88. The summed E-state index contributed by atoms with van der Waals surface area (Å²) in [6.07, 6.45) is 1.08. The third-order valence-corrected chi connectivity index (χ3v) is 0.567. The van der Waals surface area contributed by atoms with E-state index in [0.717, 1.165) is 12.3 Å². The van der Waals surface area contributed by atoms with E-state index < -0.39 is 19.1 Å². The summed E-state index contributed by atoms with van der Waals surface area (Å²) in [4.78, 5) is 0. The zero-order valence-corrected chi connectivity index (χ0v) is 6.43. The topological polar surface area (TPSA) is 34.1 Å². The van der Waals surface area contributed by atoms with Crippen molar-refractivity contribution in [3.05, 3.63) is 0 Å². The molecule has 7 heavy (non-hydrogen) atoms. The Labute approximate surface area is 56.8 Å². The van der Waals surface area contributed by atoms with Crippen LogP contribution in [0, 0.1) is 0 Å². The van der Waals surface area contributed by atoms with Crippen LogP contribution in [0.25, 0.3) is 0 Å². The second-order valence-electron chi connectivity index (χ2n) is 0.772. The van der Waals surface area contributed by atoms with Gasteiger partial charge in [0.2, 0.25) is 0 Å². The van der Waals surface area contributed by atoms with E-state index in [1.165, 1.54) is 0 Å². The molecule has 0 N–H and O–H groups in total. The Kier molecular flexibility index (Phi) is 24.1. The van der Waals surface area contributed by atoms with Gasteiger partial charge in [0.15, 0.2) is 0 Å². The molecule has 0 spiro atoms. The molecule has 0 unspecified atom stereocenters. The maximum atomic E-state index is 8.50. The first-order valence-corrected chi connectivity index (χ1v) is 3.69. The summed E-state index contributed by atoms with van der Waals surface area (Å²) in [7, 11) is 0. The van der Waals surface area contributed by atoms with Gasteiger partial charge in [-0.25, -0.2) is 0 Å². The van der Waals surface area contributed by atoms with Gasteiger partial charge in [-0.2, -0.15) is 0 Å². The first-order chi connectivity index (χ1) is 3.33. The van der Waals surface area contributed by atoms with E-state index in [4.69, 9.17) is 18.3 Å². The fraction of sp³-hybridized carbons (Fsp3) is 1.00. The van der Waals surface area contributed by atoms with Gasteiger partial charge in [-0.15, -0.1) is 11.6 Å². The normalized spacial score (nSPS) is 5.43. The summed E-state index contributed by atoms with van der Waals surface area (Å²) >= 11 is 3.19. The van der Waals surface area contributed by atoms with Crippen molar-refractivity contribution in [1.29, 1.82) is 0 Å². The minimum atomic E-state index is -2.00. The maximum absolute atomic E-state index is 8.50. The molecule has 0 saturated heterocycles. The van der Waals surface area contributed by atoms with Crippen molar-refractivity contribution in [1.82, 2.24) is 0 Å². The minimum absolute atomic E-state index is 0.792. The number of hydrogen-bond donors (Lipinski definition) is 0. The van der Waals surface area contributed by atoms with Crippen molar-refractivity contribution < 1.29 is 25.7 Å². The molecule has 0 bridgehead atoms. The van der Waals surface area contributed by atoms with Crippen LogP contribution in [0.4, 0.5) is 0 Å². The SMILES string of the molecule is CCCCl.[O]=[Ti]=[O]. The Hall–Kier alpha value is 0.604. The van der Waals surface area contributed by atoms with Crippen molar-refractivity contribution in [2.24, 2.45) is 0 Å². The van der Waals surface area contributed by atoms with Gasteiger partial charge in [0.05, 0.1) is 0 Å². The van der Waals surface area contributed by atoms with Gasteiger partial charge < -0.3 is 0 Å². The van der Waals surface area contributed by atoms with E-state index in [1.807, 2.05) is 6.92 Å². The third-order valence-electron chi connectivity index (χ3n) is 0.189. The van der Waals surface area contributed by atoms with Gasteiger partial charge in [-0.1, -0.05) is 6.92 Å². The van der Waals surface area contributed by atoms with E-state index in [-0.39, 0.29) is 0 Å². The summed E-state index contributed by atoms with van der Waals surface area (Å²) in [6.45, 7) is 2.05. The molecular formula is C3H7ClO2Ti. The van der Waals surface area contributed by atoms with Crippen molar-refractivity contribution >= 4 is 11.6 Å². The molecule has 0 fully saturated rings. The van der Waals surface area contributed by atoms with Crippen LogP contribution in [-0.2, 0) is 25.7 Å². The summed E-state index contributed by atoms with van der Waals surface area (Å²) in [6, 6.07) is 0. The average molecular weight is 158 g/mol. The van der Waals surface area contributed by atoms with Crippen LogP contribution in [0.1, 0.15) is 13.3 Å². The van der Waals surface area contributed by atoms with Crippen LogP contribution >= 0.6 is 11.6 Å². The molecule has 0 atom stereocenters. The molecule has 42 valence electrons. The van der Waals surface area contributed by atoms with Crippen LogP contribution in [-0.4, -0.2) is 5.88 Å². The molecule has 0 aliphatic rings. The molecule has 0 aliphatic heterocycles. The zero-order valence-electron chi connectivity index (χ0n) is 4.11. The van der Waals surface area contributed by atoms with Crippen molar-refractivity contribution in [3.8, 4) is 0 Å². The Morgan fingerprint density at radius 2 is 1.71 bits per heavy atom. The molecule has 0 heterocycles. The Morgan fingerprint density at radius 3 is 1.71 bits per heavy atom. The fourth-order valence-corrected chi connectivity index (χ4v) is 0. The average Bonchev–Trinajstić information content (AvgIpc) is 1.69. The Balaban J connectivity index is 0. The molecular weight excluding hydrogens is 151 g/mol. The molecule has 0 saturated carbocycles. The van der Waals surface area contributed by atoms with Crippen LogP contribution < -0.4 is 0 Å². The number of alkyl halides is 1. The molecule has 0 aromatic carbocycles. The molecule has 0 amide bonds. The van der Waals surface area contributed by atoms with Crippen molar-refractivity contribution in [2.45, 2.75) is 13.3 Å². The van der Waals surface area contributed by atoms with Crippen LogP contribution in [0.3, 0.4) is 0 Å². The first kappa shape index (κ1) is 10.6.